The van der Waals surface area contributed by atoms with Gasteiger partial charge in [-0.3, -0.25) is 4.79 Å². The maximum Gasteiger partial charge on any atom is 0.317 e. The topological polar surface area (TPSA) is 61.4 Å². The lowest BCUT2D eigenvalue weighted by molar-refractivity contribution is -0.121. The summed E-state index contributed by atoms with van der Waals surface area (Å²) in [4.78, 5) is 25.9. The Kier molecular flexibility index (Phi) is 6.02. The van der Waals surface area contributed by atoms with E-state index in [0.717, 1.165) is 18.4 Å². The van der Waals surface area contributed by atoms with E-state index in [-0.39, 0.29) is 24.0 Å². The average molecular weight is 317 g/mol. The zero-order valence-electron chi connectivity index (χ0n) is 14.3. The lowest BCUT2D eigenvalue weighted by Crippen LogP contribution is -2.50. The quantitative estimate of drug-likeness (QED) is 0.894. The monoisotopic (exact) mass is 317 g/mol. The van der Waals surface area contributed by atoms with Crippen LogP contribution in [0.3, 0.4) is 0 Å². The molecule has 0 saturated carbocycles. The van der Waals surface area contributed by atoms with Gasteiger partial charge in [0.15, 0.2) is 0 Å². The van der Waals surface area contributed by atoms with Gasteiger partial charge in [0.1, 0.15) is 0 Å². The van der Waals surface area contributed by atoms with Crippen molar-refractivity contribution in [2.75, 3.05) is 13.1 Å². The summed E-state index contributed by atoms with van der Waals surface area (Å²) < 4.78 is 0. The van der Waals surface area contributed by atoms with E-state index < -0.39 is 0 Å². The number of piperidine rings is 1. The van der Waals surface area contributed by atoms with Gasteiger partial charge in [-0.05, 0) is 39.2 Å². The number of likely N-dealkylation sites (tertiary alicyclic amines) is 1. The first kappa shape index (κ1) is 17.3. The van der Waals surface area contributed by atoms with Crippen LogP contribution in [0.2, 0.25) is 0 Å². The van der Waals surface area contributed by atoms with Crippen molar-refractivity contribution in [2.45, 2.75) is 52.1 Å². The summed E-state index contributed by atoms with van der Waals surface area (Å²) in [6.07, 6.45) is 2.03. The first-order valence-electron chi connectivity index (χ1n) is 8.34. The molecule has 0 bridgehead atoms. The Morgan fingerprint density at radius 3 is 2.57 bits per heavy atom. The molecular weight excluding hydrogens is 290 g/mol. The highest BCUT2D eigenvalue weighted by molar-refractivity contribution is 5.79. The second-order valence-electron chi connectivity index (χ2n) is 6.60. The van der Waals surface area contributed by atoms with Gasteiger partial charge in [0.05, 0.1) is 6.42 Å². The van der Waals surface area contributed by atoms with Crippen LogP contribution in [0.5, 0.6) is 0 Å². The van der Waals surface area contributed by atoms with Crippen molar-refractivity contribution in [3.8, 4) is 0 Å². The summed E-state index contributed by atoms with van der Waals surface area (Å²) in [5.74, 6) is 0.0562. The van der Waals surface area contributed by atoms with Crippen molar-refractivity contribution in [1.82, 2.24) is 15.5 Å². The first-order chi connectivity index (χ1) is 10.9. The molecule has 5 nitrogen and oxygen atoms in total. The Hall–Kier alpha value is -2.04. The van der Waals surface area contributed by atoms with Crippen molar-refractivity contribution < 1.29 is 9.59 Å². The highest BCUT2D eigenvalue weighted by Gasteiger charge is 2.24. The SMILES string of the molecule is Cc1cccc(CC(=O)NC2CCN(C(=O)NC(C)C)CC2)c1. The molecule has 0 atom stereocenters. The molecule has 0 unspecified atom stereocenters. The third-order valence-electron chi connectivity index (χ3n) is 4.01. The van der Waals surface area contributed by atoms with E-state index in [1.807, 2.05) is 49.9 Å². The molecule has 0 aliphatic carbocycles. The molecule has 126 valence electrons. The predicted molar refractivity (Wildman–Crippen MR) is 91.3 cm³/mol. The lowest BCUT2D eigenvalue weighted by atomic mass is 10.0. The van der Waals surface area contributed by atoms with Crippen LogP contribution in [-0.2, 0) is 11.2 Å². The number of urea groups is 1. The third-order valence-corrected chi connectivity index (χ3v) is 4.01. The number of aryl methyl sites for hydroxylation is 1. The number of carbonyl (C=O) groups is 2. The van der Waals surface area contributed by atoms with Crippen LogP contribution in [0.15, 0.2) is 24.3 Å². The number of rotatable bonds is 4. The molecule has 2 rings (SSSR count). The van der Waals surface area contributed by atoms with E-state index in [0.29, 0.717) is 19.5 Å². The summed E-state index contributed by atoms with van der Waals surface area (Å²) in [6.45, 7) is 7.31. The summed E-state index contributed by atoms with van der Waals surface area (Å²) in [5.41, 5.74) is 2.20. The van der Waals surface area contributed by atoms with Gasteiger partial charge in [-0.15, -0.1) is 0 Å². The van der Waals surface area contributed by atoms with Gasteiger partial charge in [0, 0.05) is 25.2 Å². The molecule has 0 spiro atoms. The van der Waals surface area contributed by atoms with Crippen LogP contribution >= 0.6 is 0 Å². The Morgan fingerprint density at radius 2 is 1.96 bits per heavy atom. The number of hydrogen-bond donors (Lipinski definition) is 2. The zero-order valence-corrected chi connectivity index (χ0v) is 14.3. The molecule has 3 amide bonds. The van der Waals surface area contributed by atoms with E-state index >= 15 is 0 Å². The highest BCUT2D eigenvalue weighted by atomic mass is 16.2. The van der Waals surface area contributed by atoms with E-state index in [1.54, 1.807) is 0 Å². The number of amides is 3. The summed E-state index contributed by atoms with van der Waals surface area (Å²) in [5, 5.41) is 6.00. The smallest absolute Gasteiger partial charge is 0.317 e. The summed E-state index contributed by atoms with van der Waals surface area (Å²) in [7, 11) is 0. The average Bonchev–Trinajstić information content (AvgIpc) is 2.47. The highest BCUT2D eigenvalue weighted by Crippen LogP contribution is 2.11. The standard InChI is InChI=1S/C18H27N3O2/c1-13(2)19-18(23)21-9-7-16(8-10-21)20-17(22)12-15-6-4-5-14(3)11-15/h4-6,11,13,16H,7-10,12H2,1-3H3,(H,19,23)(H,20,22). The molecule has 1 aliphatic heterocycles. The van der Waals surface area contributed by atoms with E-state index in [2.05, 4.69) is 10.6 Å². The Labute approximate surface area is 138 Å². The minimum absolute atomic E-state index is 0.00969. The molecule has 5 heteroatoms. The maximum absolute atomic E-state index is 12.1. The molecule has 23 heavy (non-hydrogen) atoms. The number of nitrogens with zero attached hydrogens (tertiary/aromatic N) is 1. The van der Waals surface area contributed by atoms with Crippen molar-refractivity contribution in [2.24, 2.45) is 0 Å². The fraction of sp³-hybridized carbons (Fsp3) is 0.556. The molecule has 1 aliphatic rings. The van der Waals surface area contributed by atoms with Crippen molar-refractivity contribution in [3.05, 3.63) is 35.4 Å². The van der Waals surface area contributed by atoms with Crippen LogP contribution in [0.1, 0.15) is 37.8 Å². The Bertz CT molecular complexity index is 549. The van der Waals surface area contributed by atoms with Crippen LogP contribution in [0.4, 0.5) is 4.79 Å². The van der Waals surface area contributed by atoms with Gasteiger partial charge >= 0.3 is 6.03 Å². The molecule has 2 N–H and O–H groups in total. The Morgan fingerprint density at radius 1 is 1.26 bits per heavy atom. The molecular formula is C18H27N3O2. The first-order valence-corrected chi connectivity index (χ1v) is 8.34. The Balaban J connectivity index is 1.75. The second kappa shape index (κ2) is 7.99. The second-order valence-corrected chi connectivity index (χ2v) is 6.60. The summed E-state index contributed by atoms with van der Waals surface area (Å²) in [6, 6.07) is 8.32. The van der Waals surface area contributed by atoms with Gasteiger partial charge in [0.2, 0.25) is 5.91 Å². The maximum atomic E-state index is 12.1. The molecule has 1 aromatic carbocycles. The minimum atomic E-state index is -0.00969. The zero-order chi connectivity index (χ0) is 16.8. The van der Waals surface area contributed by atoms with E-state index in [1.165, 1.54) is 5.56 Å². The molecule has 1 heterocycles. The summed E-state index contributed by atoms with van der Waals surface area (Å²) >= 11 is 0. The van der Waals surface area contributed by atoms with Crippen molar-refractivity contribution >= 4 is 11.9 Å². The van der Waals surface area contributed by atoms with Gasteiger partial charge < -0.3 is 15.5 Å². The van der Waals surface area contributed by atoms with Crippen LogP contribution < -0.4 is 10.6 Å². The predicted octanol–water partition coefficient (Wildman–Crippen LogP) is 2.24. The van der Waals surface area contributed by atoms with Crippen molar-refractivity contribution in [3.63, 3.8) is 0 Å². The van der Waals surface area contributed by atoms with Gasteiger partial charge in [-0.25, -0.2) is 4.79 Å². The largest absolute Gasteiger partial charge is 0.353 e. The molecule has 0 aromatic heterocycles. The van der Waals surface area contributed by atoms with Gasteiger partial charge in [-0.2, -0.15) is 0 Å². The molecule has 0 radical (unpaired) electrons. The molecule has 1 fully saturated rings. The third kappa shape index (κ3) is 5.58. The van der Waals surface area contributed by atoms with Crippen LogP contribution in [0.25, 0.3) is 0 Å². The van der Waals surface area contributed by atoms with Gasteiger partial charge in [0.25, 0.3) is 0 Å². The lowest BCUT2D eigenvalue weighted by Gasteiger charge is -2.33. The molecule has 1 aromatic rings. The number of carbonyl (C=O) groups excluding carboxylic acids is 2. The van der Waals surface area contributed by atoms with E-state index in [9.17, 15) is 9.59 Å². The fourth-order valence-corrected chi connectivity index (χ4v) is 2.85. The van der Waals surface area contributed by atoms with Gasteiger partial charge in [-0.1, -0.05) is 29.8 Å². The van der Waals surface area contributed by atoms with Crippen molar-refractivity contribution in [1.29, 1.82) is 0 Å². The normalized spacial score (nSPS) is 15.6. The number of benzene rings is 1. The number of nitrogens with one attached hydrogen (secondary N) is 2. The van der Waals surface area contributed by atoms with Crippen LogP contribution in [0, 0.1) is 6.92 Å². The fourth-order valence-electron chi connectivity index (χ4n) is 2.85. The van der Waals surface area contributed by atoms with E-state index in [4.69, 9.17) is 0 Å². The minimum Gasteiger partial charge on any atom is -0.353 e. The van der Waals surface area contributed by atoms with Crippen LogP contribution in [-0.4, -0.2) is 42.0 Å². The number of hydrogen-bond acceptors (Lipinski definition) is 2. The molecule has 1 saturated heterocycles.